The number of rotatable bonds is 7. The van der Waals surface area contributed by atoms with Crippen LogP contribution in [0.5, 0.6) is 0 Å². The molecular formula is C24H27N5O2. The highest BCUT2D eigenvalue weighted by Gasteiger charge is 2.22. The van der Waals surface area contributed by atoms with Crippen molar-refractivity contribution in [3.63, 3.8) is 0 Å². The molecule has 31 heavy (non-hydrogen) atoms. The van der Waals surface area contributed by atoms with Gasteiger partial charge in [-0.25, -0.2) is 4.98 Å². The number of hydrogen-bond acceptors (Lipinski definition) is 6. The van der Waals surface area contributed by atoms with Crippen molar-refractivity contribution >= 4 is 23.4 Å². The molecule has 1 aliphatic carbocycles. The third kappa shape index (κ3) is 5.19. The van der Waals surface area contributed by atoms with Crippen LogP contribution >= 0.6 is 0 Å². The highest BCUT2D eigenvalue weighted by molar-refractivity contribution is 5.93. The fourth-order valence-electron chi connectivity index (χ4n) is 3.96. The van der Waals surface area contributed by atoms with Crippen LogP contribution in [0.4, 0.5) is 17.5 Å². The van der Waals surface area contributed by atoms with Crippen molar-refractivity contribution in [3.8, 4) is 11.1 Å². The van der Waals surface area contributed by atoms with Gasteiger partial charge in [0.15, 0.2) is 0 Å². The zero-order valence-corrected chi connectivity index (χ0v) is 17.4. The van der Waals surface area contributed by atoms with Gasteiger partial charge in [0, 0.05) is 17.2 Å². The van der Waals surface area contributed by atoms with Crippen molar-refractivity contribution in [3.05, 3.63) is 65.9 Å². The molecule has 7 nitrogen and oxygen atoms in total. The molecule has 1 amide bonds. The molecule has 5 N–H and O–H groups in total. The second kappa shape index (κ2) is 9.57. The van der Waals surface area contributed by atoms with Crippen molar-refractivity contribution in [2.45, 2.75) is 38.9 Å². The van der Waals surface area contributed by atoms with Gasteiger partial charge in [-0.3, -0.25) is 4.79 Å². The molecular weight excluding hydrogens is 390 g/mol. The lowest BCUT2D eigenvalue weighted by Gasteiger charge is -2.14. The number of benzene rings is 2. The molecule has 160 valence electrons. The predicted molar refractivity (Wildman–Crippen MR) is 122 cm³/mol. The monoisotopic (exact) mass is 417 g/mol. The van der Waals surface area contributed by atoms with Gasteiger partial charge in [0.05, 0.1) is 18.9 Å². The quantitative estimate of drug-likeness (QED) is 0.532. The number of nitrogens with zero attached hydrogens (tertiary/aromatic N) is 2. The van der Waals surface area contributed by atoms with E-state index in [2.05, 4.69) is 15.3 Å². The minimum Gasteiger partial charge on any atom is -0.383 e. The summed E-state index contributed by atoms with van der Waals surface area (Å²) in [5.74, 6) is 0.623. The largest absolute Gasteiger partial charge is 0.383 e. The number of nitrogens with two attached hydrogens (primary N) is 2. The average molecular weight is 418 g/mol. The Morgan fingerprint density at radius 1 is 0.968 bits per heavy atom. The molecule has 0 atom stereocenters. The van der Waals surface area contributed by atoms with E-state index in [4.69, 9.17) is 16.2 Å². The molecule has 3 aromatic rings. The summed E-state index contributed by atoms with van der Waals surface area (Å²) in [6.45, 7) is 0.706. The molecule has 1 aromatic heterocycles. The highest BCUT2D eigenvalue weighted by Crippen LogP contribution is 2.31. The Labute approximate surface area is 181 Å². The van der Waals surface area contributed by atoms with Crippen molar-refractivity contribution < 1.29 is 9.53 Å². The fraction of sp³-hybridized carbons (Fsp3) is 0.292. The number of carbonyl (C=O) groups is 1. The summed E-state index contributed by atoms with van der Waals surface area (Å²) in [5.41, 5.74) is 16.0. The fourth-order valence-corrected chi connectivity index (χ4v) is 3.96. The van der Waals surface area contributed by atoms with Gasteiger partial charge >= 0.3 is 0 Å². The van der Waals surface area contributed by atoms with Crippen molar-refractivity contribution in [1.29, 1.82) is 0 Å². The molecule has 0 saturated heterocycles. The zero-order valence-electron chi connectivity index (χ0n) is 17.4. The van der Waals surface area contributed by atoms with E-state index in [1.54, 1.807) is 0 Å². The summed E-state index contributed by atoms with van der Waals surface area (Å²) < 4.78 is 5.85. The Kier molecular flexibility index (Phi) is 6.43. The lowest BCUT2D eigenvalue weighted by molar-refractivity contribution is -0.119. The normalized spacial score (nSPS) is 13.9. The van der Waals surface area contributed by atoms with Gasteiger partial charge in [-0.1, -0.05) is 55.3 Å². The van der Waals surface area contributed by atoms with Gasteiger partial charge in [0.1, 0.15) is 5.82 Å². The van der Waals surface area contributed by atoms with Gasteiger partial charge in [-0.15, -0.1) is 0 Å². The standard InChI is InChI=1S/C24H27N5O2/c25-22-21(17-10-12-19(13-11-17)27-23(30)18-8-4-5-9-18)20(28-24(26)29-22)15-31-14-16-6-2-1-3-7-16/h1-3,6-7,10-13,18H,4-5,8-9,14-15H2,(H,27,30)(H4,25,26,28,29). The van der Waals surface area contributed by atoms with Crippen LogP contribution in [-0.2, 0) is 22.7 Å². The Morgan fingerprint density at radius 2 is 1.68 bits per heavy atom. The van der Waals surface area contributed by atoms with E-state index in [9.17, 15) is 4.79 Å². The number of nitrogen functional groups attached to an aromatic ring is 2. The summed E-state index contributed by atoms with van der Waals surface area (Å²) in [5, 5.41) is 3.01. The van der Waals surface area contributed by atoms with Crippen molar-refractivity contribution in [2.75, 3.05) is 16.8 Å². The molecule has 1 saturated carbocycles. The first-order valence-corrected chi connectivity index (χ1v) is 10.5. The van der Waals surface area contributed by atoms with Crippen LogP contribution in [-0.4, -0.2) is 15.9 Å². The van der Waals surface area contributed by atoms with Crippen LogP contribution in [0.15, 0.2) is 54.6 Å². The number of hydrogen-bond donors (Lipinski definition) is 3. The number of carbonyl (C=O) groups excluding carboxylic acids is 1. The van der Waals surface area contributed by atoms with Crippen LogP contribution in [0, 0.1) is 5.92 Å². The molecule has 7 heteroatoms. The third-order valence-electron chi connectivity index (χ3n) is 5.55. The summed E-state index contributed by atoms with van der Waals surface area (Å²) in [7, 11) is 0. The van der Waals surface area contributed by atoms with E-state index in [1.165, 1.54) is 0 Å². The Balaban J connectivity index is 1.49. The number of amides is 1. The SMILES string of the molecule is Nc1nc(N)c(-c2ccc(NC(=O)C3CCCC3)cc2)c(COCc2ccccc2)n1. The van der Waals surface area contributed by atoms with E-state index in [1.807, 2.05) is 54.6 Å². The molecule has 1 fully saturated rings. The van der Waals surface area contributed by atoms with Gasteiger partial charge < -0.3 is 21.5 Å². The second-order valence-corrected chi connectivity index (χ2v) is 7.82. The summed E-state index contributed by atoms with van der Waals surface area (Å²) in [4.78, 5) is 20.8. The summed E-state index contributed by atoms with van der Waals surface area (Å²) >= 11 is 0. The molecule has 2 aromatic carbocycles. The van der Waals surface area contributed by atoms with E-state index >= 15 is 0 Å². The molecule has 0 aliphatic heterocycles. The van der Waals surface area contributed by atoms with E-state index in [0.717, 1.165) is 42.5 Å². The Morgan fingerprint density at radius 3 is 2.39 bits per heavy atom. The molecule has 0 bridgehead atoms. The Hall–Kier alpha value is -3.45. The van der Waals surface area contributed by atoms with E-state index in [-0.39, 0.29) is 24.4 Å². The average Bonchev–Trinajstić information content (AvgIpc) is 3.30. The van der Waals surface area contributed by atoms with Crippen molar-refractivity contribution in [2.24, 2.45) is 5.92 Å². The van der Waals surface area contributed by atoms with E-state index in [0.29, 0.717) is 23.7 Å². The van der Waals surface area contributed by atoms with Gasteiger partial charge in [-0.2, -0.15) is 4.98 Å². The van der Waals surface area contributed by atoms with Crippen LogP contribution in [0.3, 0.4) is 0 Å². The predicted octanol–water partition coefficient (Wildman–Crippen LogP) is 4.15. The number of ether oxygens (including phenoxy) is 1. The molecule has 0 unspecified atom stereocenters. The Bertz CT molecular complexity index is 1030. The summed E-state index contributed by atoms with van der Waals surface area (Å²) in [6, 6.07) is 17.4. The number of aromatic nitrogens is 2. The first kappa shape index (κ1) is 20.8. The molecule has 0 radical (unpaired) electrons. The maximum Gasteiger partial charge on any atom is 0.227 e. The smallest absolute Gasteiger partial charge is 0.227 e. The maximum atomic E-state index is 12.4. The lowest BCUT2D eigenvalue weighted by Crippen LogP contribution is -2.20. The molecule has 4 rings (SSSR count). The topological polar surface area (TPSA) is 116 Å². The first-order chi connectivity index (χ1) is 15.1. The number of anilines is 3. The minimum absolute atomic E-state index is 0.0931. The molecule has 1 aliphatic rings. The van der Waals surface area contributed by atoms with Crippen LogP contribution < -0.4 is 16.8 Å². The van der Waals surface area contributed by atoms with Crippen LogP contribution in [0.1, 0.15) is 36.9 Å². The van der Waals surface area contributed by atoms with Gasteiger partial charge in [0.2, 0.25) is 11.9 Å². The van der Waals surface area contributed by atoms with Crippen LogP contribution in [0.2, 0.25) is 0 Å². The van der Waals surface area contributed by atoms with Crippen molar-refractivity contribution in [1.82, 2.24) is 9.97 Å². The molecule has 0 spiro atoms. The minimum atomic E-state index is 0.0931. The maximum absolute atomic E-state index is 12.4. The zero-order chi connectivity index (χ0) is 21.6. The van der Waals surface area contributed by atoms with Gasteiger partial charge in [-0.05, 0) is 36.1 Å². The highest BCUT2D eigenvalue weighted by atomic mass is 16.5. The second-order valence-electron chi connectivity index (χ2n) is 7.82. The summed E-state index contributed by atoms with van der Waals surface area (Å²) in [6.07, 6.45) is 4.19. The molecule has 1 heterocycles. The number of nitrogens with one attached hydrogen (secondary N) is 1. The van der Waals surface area contributed by atoms with E-state index < -0.39 is 0 Å². The van der Waals surface area contributed by atoms with Crippen LogP contribution in [0.25, 0.3) is 11.1 Å². The third-order valence-corrected chi connectivity index (χ3v) is 5.55. The van der Waals surface area contributed by atoms with Gasteiger partial charge in [0.25, 0.3) is 0 Å². The lowest BCUT2D eigenvalue weighted by atomic mass is 10.0. The first-order valence-electron chi connectivity index (χ1n) is 10.5.